The van der Waals surface area contributed by atoms with Crippen molar-refractivity contribution in [1.29, 1.82) is 0 Å². The average molecular weight is 346 g/mol. The number of hydrogen-bond donors (Lipinski definition) is 2. The summed E-state index contributed by atoms with van der Waals surface area (Å²) in [6, 6.07) is 7.54. The minimum Gasteiger partial charge on any atom is -0.393 e. The summed E-state index contributed by atoms with van der Waals surface area (Å²) in [6.45, 7) is 10.8. The van der Waals surface area contributed by atoms with Crippen molar-refractivity contribution in [2.24, 2.45) is 11.3 Å². The summed E-state index contributed by atoms with van der Waals surface area (Å²) < 4.78 is 0. The molecular weight excluding hydrogens is 314 g/mol. The molecule has 0 spiro atoms. The maximum atomic E-state index is 12.0. The Morgan fingerprint density at radius 3 is 2.48 bits per heavy atom. The molecular formula is C20H32N3O2. The predicted octanol–water partition coefficient (Wildman–Crippen LogP) is 3.67. The highest BCUT2D eigenvalue weighted by molar-refractivity contribution is 5.79. The summed E-state index contributed by atoms with van der Waals surface area (Å²) >= 11 is 0. The van der Waals surface area contributed by atoms with Crippen LogP contribution in [0.1, 0.15) is 47.0 Å². The van der Waals surface area contributed by atoms with E-state index in [0.717, 1.165) is 19.0 Å². The van der Waals surface area contributed by atoms with E-state index in [0.29, 0.717) is 18.7 Å². The number of anilines is 1. The van der Waals surface area contributed by atoms with Gasteiger partial charge < -0.3 is 15.3 Å². The van der Waals surface area contributed by atoms with E-state index < -0.39 is 0 Å². The van der Waals surface area contributed by atoms with E-state index in [9.17, 15) is 9.90 Å². The molecule has 0 aromatic heterocycles. The van der Waals surface area contributed by atoms with Gasteiger partial charge in [-0.15, -0.1) is 0 Å². The Labute approximate surface area is 151 Å². The Hall–Kier alpha value is -1.75. The molecule has 1 heterocycles. The number of piperidine rings is 1. The van der Waals surface area contributed by atoms with Crippen molar-refractivity contribution in [1.82, 2.24) is 10.6 Å². The smallest absolute Gasteiger partial charge is 0.341 e. The Morgan fingerprint density at radius 1 is 1.32 bits per heavy atom. The summed E-state index contributed by atoms with van der Waals surface area (Å²) in [6.07, 6.45) is 2.72. The zero-order valence-corrected chi connectivity index (χ0v) is 16.0. The monoisotopic (exact) mass is 346 g/mol. The molecule has 5 heteroatoms. The fraction of sp³-hybridized carbons (Fsp3) is 0.650. The largest absolute Gasteiger partial charge is 0.393 e. The highest BCUT2D eigenvalue weighted by Crippen LogP contribution is 2.24. The standard InChI is InChI=1S/C20H32N3O2/c1-15-9-11-23(12-10-15)18-7-5-17(6-8-18)22-19(25)21-14-20(3,4)13-16(2)24/h5-8,15-16,24H,9-14H2,1-4H3,(H,21,25). The lowest BCUT2D eigenvalue weighted by Gasteiger charge is -2.32. The first-order valence-electron chi connectivity index (χ1n) is 9.28. The van der Waals surface area contributed by atoms with Gasteiger partial charge in [-0.2, -0.15) is 5.32 Å². The fourth-order valence-electron chi connectivity index (χ4n) is 3.35. The lowest BCUT2D eigenvalue weighted by Crippen LogP contribution is -2.37. The number of carbonyl (C=O) groups excluding carboxylic acids is 1. The highest BCUT2D eigenvalue weighted by Gasteiger charge is 2.21. The van der Waals surface area contributed by atoms with Crippen LogP contribution in [0.15, 0.2) is 24.3 Å². The molecule has 1 atom stereocenters. The topological polar surface area (TPSA) is 66.7 Å². The predicted molar refractivity (Wildman–Crippen MR) is 102 cm³/mol. The van der Waals surface area contributed by atoms with Crippen LogP contribution < -0.4 is 15.5 Å². The van der Waals surface area contributed by atoms with Gasteiger partial charge in [0.25, 0.3) is 0 Å². The second kappa shape index (κ2) is 8.56. The molecule has 1 unspecified atom stereocenters. The maximum Gasteiger partial charge on any atom is 0.341 e. The number of rotatable bonds is 6. The van der Waals surface area contributed by atoms with E-state index >= 15 is 0 Å². The molecule has 0 saturated carbocycles. The van der Waals surface area contributed by atoms with Crippen LogP contribution in [0, 0.1) is 11.3 Å². The third-order valence-electron chi connectivity index (χ3n) is 4.80. The highest BCUT2D eigenvalue weighted by atomic mass is 16.3. The van der Waals surface area contributed by atoms with Crippen molar-refractivity contribution >= 4 is 17.4 Å². The van der Waals surface area contributed by atoms with Gasteiger partial charge in [0, 0.05) is 25.3 Å². The van der Waals surface area contributed by atoms with E-state index in [1.807, 2.05) is 38.1 Å². The molecule has 0 bridgehead atoms. The van der Waals surface area contributed by atoms with Gasteiger partial charge in [-0.1, -0.05) is 20.8 Å². The van der Waals surface area contributed by atoms with Crippen molar-refractivity contribution in [3.8, 4) is 0 Å². The Morgan fingerprint density at radius 2 is 1.92 bits per heavy atom. The number of urea groups is 1. The van der Waals surface area contributed by atoms with Gasteiger partial charge in [0.15, 0.2) is 0 Å². The zero-order valence-electron chi connectivity index (χ0n) is 16.0. The molecule has 5 nitrogen and oxygen atoms in total. The van der Waals surface area contributed by atoms with Crippen molar-refractivity contribution in [3.63, 3.8) is 0 Å². The number of hydrogen-bond acceptors (Lipinski definition) is 3. The van der Waals surface area contributed by atoms with E-state index in [-0.39, 0.29) is 17.6 Å². The summed E-state index contributed by atoms with van der Waals surface area (Å²) in [4.78, 5) is 14.4. The molecule has 2 N–H and O–H groups in total. The Balaban J connectivity index is 1.81. The number of aliphatic hydroxyl groups excluding tert-OH is 1. The molecule has 139 valence electrons. The maximum absolute atomic E-state index is 12.0. The molecule has 1 radical (unpaired) electrons. The summed E-state index contributed by atoms with van der Waals surface area (Å²) in [5, 5.41) is 16.4. The molecule has 0 aliphatic carbocycles. The molecule has 1 aliphatic heterocycles. The van der Waals surface area contributed by atoms with Crippen molar-refractivity contribution in [2.75, 3.05) is 24.5 Å². The van der Waals surface area contributed by atoms with Crippen LogP contribution in [-0.2, 0) is 0 Å². The van der Waals surface area contributed by atoms with E-state index in [1.54, 1.807) is 6.92 Å². The number of amides is 2. The van der Waals surface area contributed by atoms with Gasteiger partial charge >= 0.3 is 6.03 Å². The summed E-state index contributed by atoms with van der Waals surface area (Å²) in [5.74, 6) is 0.812. The van der Waals surface area contributed by atoms with Crippen LogP contribution in [0.3, 0.4) is 0 Å². The molecule has 1 aromatic carbocycles. The van der Waals surface area contributed by atoms with Gasteiger partial charge in [0.05, 0.1) is 11.8 Å². The van der Waals surface area contributed by atoms with Crippen LogP contribution in [0.5, 0.6) is 0 Å². The lowest BCUT2D eigenvalue weighted by molar-refractivity contribution is 0.129. The minimum atomic E-state index is -0.380. The molecule has 1 aliphatic rings. The van der Waals surface area contributed by atoms with Gasteiger partial charge in [-0.05, 0) is 61.8 Å². The quantitative estimate of drug-likeness (QED) is 0.826. The third kappa shape index (κ3) is 6.58. The number of carbonyl (C=O) groups is 1. The van der Waals surface area contributed by atoms with Crippen molar-refractivity contribution in [3.05, 3.63) is 24.3 Å². The number of aliphatic hydroxyl groups is 1. The van der Waals surface area contributed by atoms with E-state index in [2.05, 4.69) is 22.5 Å². The lowest BCUT2D eigenvalue weighted by atomic mass is 9.87. The fourth-order valence-corrected chi connectivity index (χ4v) is 3.35. The average Bonchev–Trinajstić information content (AvgIpc) is 2.54. The van der Waals surface area contributed by atoms with E-state index in [4.69, 9.17) is 0 Å². The number of nitrogens with one attached hydrogen (secondary N) is 1. The second-order valence-corrected chi connectivity index (χ2v) is 8.17. The zero-order chi connectivity index (χ0) is 18.4. The molecule has 2 amide bonds. The first-order valence-corrected chi connectivity index (χ1v) is 9.28. The van der Waals surface area contributed by atoms with Gasteiger partial charge in [-0.3, -0.25) is 0 Å². The minimum absolute atomic E-state index is 0.158. The number of nitrogens with zero attached hydrogens (tertiary/aromatic N) is 2. The Kier molecular flexibility index (Phi) is 6.71. The molecule has 25 heavy (non-hydrogen) atoms. The van der Waals surface area contributed by atoms with Gasteiger partial charge in [-0.25, -0.2) is 4.79 Å². The summed E-state index contributed by atoms with van der Waals surface area (Å²) in [5.41, 5.74) is 1.71. The molecule has 2 rings (SSSR count). The normalized spacial score (nSPS) is 17.2. The van der Waals surface area contributed by atoms with Crippen LogP contribution in [0.25, 0.3) is 0 Å². The Bertz CT molecular complexity index is 547. The van der Waals surface area contributed by atoms with Gasteiger partial charge in [0.1, 0.15) is 0 Å². The number of benzene rings is 1. The van der Waals surface area contributed by atoms with Crippen LogP contribution >= 0.6 is 0 Å². The van der Waals surface area contributed by atoms with E-state index in [1.165, 1.54) is 18.5 Å². The third-order valence-corrected chi connectivity index (χ3v) is 4.80. The van der Waals surface area contributed by atoms with Gasteiger partial charge in [0.2, 0.25) is 0 Å². The first-order chi connectivity index (χ1) is 11.7. The summed E-state index contributed by atoms with van der Waals surface area (Å²) in [7, 11) is 0. The molecule has 1 aromatic rings. The first kappa shape index (κ1) is 19.6. The van der Waals surface area contributed by atoms with Crippen LogP contribution in [-0.4, -0.2) is 36.9 Å². The molecule has 1 fully saturated rings. The molecule has 1 saturated heterocycles. The SMILES string of the molecule is CC(O)CC(C)(C)CNC(=O)[N]c1ccc(N2CCC(C)CC2)cc1. The second-order valence-electron chi connectivity index (χ2n) is 8.17. The van der Waals surface area contributed by atoms with Crippen LogP contribution in [0.2, 0.25) is 0 Å². The van der Waals surface area contributed by atoms with Crippen molar-refractivity contribution in [2.45, 2.75) is 53.1 Å². The van der Waals surface area contributed by atoms with Crippen molar-refractivity contribution < 1.29 is 9.90 Å². The van der Waals surface area contributed by atoms with Crippen LogP contribution in [0.4, 0.5) is 16.2 Å².